The Hall–Kier alpha value is -2.48. The number of aryl methyl sites for hydroxylation is 1. The van der Waals surface area contributed by atoms with Crippen molar-refractivity contribution >= 4 is 11.8 Å². The SMILES string of the molecule is Cc1cc(NC(=O)NC[C@H](O)c2ccc(F)cc2F)no1. The van der Waals surface area contributed by atoms with Crippen molar-refractivity contribution in [3.8, 4) is 0 Å². The van der Waals surface area contributed by atoms with E-state index in [1.54, 1.807) is 6.92 Å². The second kappa shape index (κ2) is 6.31. The van der Waals surface area contributed by atoms with Gasteiger partial charge in [0.15, 0.2) is 5.82 Å². The van der Waals surface area contributed by atoms with Crippen molar-refractivity contribution < 1.29 is 23.2 Å². The molecule has 0 radical (unpaired) electrons. The molecule has 1 atom stereocenters. The highest BCUT2D eigenvalue weighted by Gasteiger charge is 2.15. The average Bonchev–Trinajstić information content (AvgIpc) is 2.81. The summed E-state index contributed by atoms with van der Waals surface area (Å²) in [6.07, 6.45) is -1.30. The number of aromatic nitrogens is 1. The Morgan fingerprint density at radius 3 is 2.81 bits per heavy atom. The number of hydrogen-bond donors (Lipinski definition) is 3. The third kappa shape index (κ3) is 3.99. The molecule has 0 fully saturated rings. The number of carbonyl (C=O) groups excluding carboxylic acids is 1. The lowest BCUT2D eigenvalue weighted by atomic mass is 10.1. The van der Waals surface area contributed by atoms with Gasteiger partial charge < -0.3 is 14.9 Å². The summed E-state index contributed by atoms with van der Waals surface area (Å²) in [5.41, 5.74) is -0.103. The summed E-state index contributed by atoms with van der Waals surface area (Å²) in [6, 6.07) is 3.69. The van der Waals surface area contributed by atoms with Crippen molar-refractivity contribution in [2.45, 2.75) is 13.0 Å². The van der Waals surface area contributed by atoms with Gasteiger partial charge in [-0.25, -0.2) is 13.6 Å². The number of anilines is 1. The Bertz CT molecular complexity index is 645. The van der Waals surface area contributed by atoms with Crippen LogP contribution in [0.4, 0.5) is 19.4 Å². The molecule has 1 aromatic heterocycles. The molecular weight excluding hydrogens is 284 g/mol. The fourth-order valence-electron chi connectivity index (χ4n) is 1.66. The van der Waals surface area contributed by atoms with E-state index in [1.807, 2.05) is 0 Å². The van der Waals surface area contributed by atoms with Gasteiger partial charge in [0.25, 0.3) is 0 Å². The summed E-state index contributed by atoms with van der Waals surface area (Å²) in [4.78, 5) is 11.5. The average molecular weight is 297 g/mol. The minimum absolute atomic E-state index is 0.103. The second-order valence-corrected chi connectivity index (χ2v) is 4.34. The van der Waals surface area contributed by atoms with Crippen LogP contribution in [0.15, 0.2) is 28.8 Å². The minimum atomic E-state index is -1.30. The zero-order valence-electron chi connectivity index (χ0n) is 11.1. The van der Waals surface area contributed by atoms with E-state index < -0.39 is 23.8 Å². The van der Waals surface area contributed by atoms with Gasteiger partial charge in [0.1, 0.15) is 17.4 Å². The van der Waals surface area contributed by atoms with Crippen LogP contribution < -0.4 is 10.6 Å². The molecule has 0 saturated heterocycles. The van der Waals surface area contributed by atoms with Crippen LogP contribution in [0.25, 0.3) is 0 Å². The summed E-state index contributed by atoms with van der Waals surface area (Å²) in [7, 11) is 0. The fourth-order valence-corrected chi connectivity index (χ4v) is 1.66. The van der Waals surface area contributed by atoms with Gasteiger partial charge in [0.05, 0.1) is 6.10 Å². The molecule has 0 aliphatic rings. The highest BCUT2D eigenvalue weighted by molar-refractivity contribution is 5.88. The quantitative estimate of drug-likeness (QED) is 0.806. The first-order valence-corrected chi connectivity index (χ1v) is 6.07. The fraction of sp³-hybridized carbons (Fsp3) is 0.231. The van der Waals surface area contributed by atoms with E-state index in [4.69, 9.17) is 4.52 Å². The summed E-state index contributed by atoms with van der Waals surface area (Å²) in [5, 5.41) is 18.0. The number of carbonyl (C=O) groups is 1. The van der Waals surface area contributed by atoms with Gasteiger partial charge >= 0.3 is 6.03 Å². The van der Waals surface area contributed by atoms with Crippen LogP contribution in [0.3, 0.4) is 0 Å². The second-order valence-electron chi connectivity index (χ2n) is 4.34. The van der Waals surface area contributed by atoms with E-state index >= 15 is 0 Å². The van der Waals surface area contributed by atoms with Crippen LogP contribution in [-0.4, -0.2) is 22.8 Å². The summed E-state index contributed by atoms with van der Waals surface area (Å²) in [5.74, 6) is -0.876. The number of nitrogens with zero attached hydrogens (tertiary/aromatic N) is 1. The van der Waals surface area contributed by atoms with Crippen molar-refractivity contribution in [2.75, 3.05) is 11.9 Å². The Balaban J connectivity index is 1.88. The van der Waals surface area contributed by atoms with Gasteiger partial charge in [0, 0.05) is 24.2 Å². The Kier molecular flexibility index (Phi) is 4.49. The van der Waals surface area contributed by atoms with Crippen LogP contribution >= 0.6 is 0 Å². The minimum Gasteiger partial charge on any atom is -0.386 e. The predicted octanol–water partition coefficient (Wildman–Crippen LogP) is 2.12. The van der Waals surface area contributed by atoms with Crippen LogP contribution in [0.1, 0.15) is 17.4 Å². The molecule has 112 valence electrons. The van der Waals surface area contributed by atoms with Gasteiger partial charge in [-0.2, -0.15) is 0 Å². The summed E-state index contributed by atoms with van der Waals surface area (Å²) < 4.78 is 30.9. The predicted molar refractivity (Wildman–Crippen MR) is 69.6 cm³/mol. The lowest BCUT2D eigenvalue weighted by Gasteiger charge is -2.13. The molecule has 8 heteroatoms. The van der Waals surface area contributed by atoms with Gasteiger partial charge in [0.2, 0.25) is 0 Å². The van der Waals surface area contributed by atoms with Crippen molar-refractivity contribution in [1.82, 2.24) is 10.5 Å². The third-order valence-electron chi connectivity index (χ3n) is 2.65. The van der Waals surface area contributed by atoms with E-state index in [0.717, 1.165) is 12.1 Å². The number of aliphatic hydroxyl groups excluding tert-OH is 1. The lowest BCUT2D eigenvalue weighted by Crippen LogP contribution is -2.32. The largest absolute Gasteiger partial charge is 0.386 e. The number of benzene rings is 1. The molecule has 0 bridgehead atoms. The summed E-state index contributed by atoms with van der Waals surface area (Å²) >= 11 is 0. The molecule has 2 amide bonds. The summed E-state index contributed by atoms with van der Waals surface area (Å²) in [6.45, 7) is 1.42. The lowest BCUT2D eigenvalue weighted by molar-refractivity contribution is 0.170. The van der Waals surface area contributed by atoms with Crippen LogP contribution in [0, 0.1) is 18.6 Å². The molecule has 1 heterocycles. The van der Waals surface area contributed by atoms with Crippen LogP contribution in [-0.2, 0) is 0 Å². The molecule has 0 aliphatic heterocycles. The Morgan fingerprint density at radius 1 is 1.43 bits per heavy atom. The highest BCUT2D eigenvalue weighted by Crippen LogP contribution is 2.17. The molecule has 0 spiro atoms. The monoisotopic (exact) mass is 297 g/mol. The third-order valence-corrected chi connectivity index (χ3v) is 2.65. The molecule has 21 heavy (non-hydrogen) atoms. The molecule has 0 unspecified atom stereocenters. The molecule has 0 saturated carbocycles. The van der Waals surface area contributed by atoms with Gasteiger partial charge in [-0.05, 0) is 13.0 Å². The van der Waals surface area contributed by atoms with Crippen LogP contribution in [0.2, 0.25) is 0 Å². The maximum absolute atomic E-state index is 13.4. The van der Waals surface area contributed by atoms with Crippen molar-refractivity contribution in [2.24, 2.45) is 0 Å². The number of halogens is 2. The number of aliphatic hydroxyl groups is 1. The number of urea groups is 1. The van der Waals surface area contributed by atoms with E-state index in [1.165, 1.54) is 6.07 Å². The number of hydrogen-bond acceptors (Lipinski definition) is 4. The molecule has 3 N–H and O–H groups in total. The number of nitrogens with one attached hydrogen (secondary N) is 2. The van der Waals surface area contributed by atoms with E-state index in [2.05, 4.69) is 15.8 Å². The van der Waals surface area contributed by atoms with Gasteiger partial charge in [-0.1, -0.05) is 11.2 Å². The number of amides is 2. The molecule has 6 nitrogen and oxygen atoms in total. The topological polar surface area (TPSA) is 87.4 Å². The number of rotatable bonds is 4. The zero-order valence-corrected chi connectivity index (χ0v) is 11.1. The standard InChI is InChI=1S/C13H13F2N3O3/c1-7-4-12(18-21-7)17-13(20)16-6-11(19)9-3-2-8(14)5-10(9)15/h2-5,11,19H,6H2,1H3,(H2,16,17,18,20)/t11-/m0/s1. The smallest absolute Gasteiger partial charge is 0.320 e. The highest BCUT2D eigenvalue weighted by atomic mass is 19.1. The van der Waals surface area contributed by atoms with Gasteiger partial charge in [-0.15, -0.1) is 0 Å². The van der Waals surface area contributed by atoms with Crippen molar-refractivity contribution in [1.29, 1.82) is 0 Å². The first kappa shape index (κ1) is 14.9. The first-order valence-electron chi connectivity index (χ1n) is 6.07. The molecule has 2 rings (SSSR count). The molecule has 2 aromatic rings. The maximum Gasteiger partial charge on any atom is 0.320 e. The Labute approximate surface area is 118 Å². The van der Waals surface area contributed by atoms with Crippen LogP contribution in [0.5, 0.6) is 0 Å². The van der Waals surface area contributed by atoms with Crippen molar-refractivity contribution in [3.05, 3.63) is 47.2 Å². The van der Waals surface area contributed by atoms with E-state index in [-0.39, 0.29) is 17.9 Å². The van der Waals surface area contributed by atoms with E-state index in [9.17, 15) is 18.7 Å². The first-order chi connectivity index (χ1) is 9.95. The normalized spacial score (nSPS) is 12.0. The Morgan fingerprint density at radius 2 is 2.19 bits per heavy atom. The maximum atomic E-state index is 13.4. The van der Waals surface area contributed by atoms with E-state index in [0.29, 0.717) is 11.8 Å². The zero-order chi connectivity index (χ0) is 15.4. The molecule has 0 aliphatic carbocycles. The van der Waals surface area contributed by atoms with Gasteiger partial charge in [-0.3, -0.25) is 5.32 Å². The molecular formula is C13H13F2N3O3. The van der Waals surface area contributed by atoms with Crippen molar-refractivity contribution in [3.63, 3.8) is 0 Å². The molecule has 1 aromatic carbocycles.